The van der Waals surface area contributed by atoms with Gasteiger partial charge in [0.2, 0.25) is 0 Å². The third-order valence-electron chi connectivity index (χ3n) is 3.97. The molecule has 1 heterocycles. The molecule has 0 saturated heterocycles. The van der Waals surface area contributed by atoms with Crippen LogP contribution < -0.4 is 20.5 Å². The quantitative estimate of drug-likeness (QED) is 0.797. The number of nitrogen functional groups attached to an aromatic ring is 1. The molecule has 0 unspecified atom stereocenters. The molecule has 7 nitrogen and oxygen atoms in total. The van der Waals surface area contributed by atoms with E-state index in [9.17, 15) is 14.0 Å². The van der Waals surface area contributed by atoms with Crippen LogP contribution in [-0.2, 0) is 17.9 Å². The molecule has 0 fully saturated rings. The van der Waals surface area contributed by atoms with Gasteiger partial charge >= 0.3 is 6.09 Å². The maximum Gasteiger partial charge on any atom is 0.415 e. The van der Waals surface area contributed by atoms with Crippen molar-refractivity contribution in [3.8, 4) is 11.5 Å². The summed E-state index contributed by atoms with van der Waals surface area (Å²) in [4.78, 5) is 24.8. The molecule has 1 aliphatic heterocycles. The second-order valence-corrected chi connectivity index (χ2v) is 5.78. The van der Waals surface area contributed by atoms with E-state index in [1.54, 1.807) is 30.3 Å². The van der Waals surface area contributed by atoms with Gasteiger partial charge in [0.15, 0.2) is 12.4 Å². The van der Waals surface area contributed by atoms with Crippen molar-refractivity contribution in [2.75, 3.05) is 19.4 Å². The second-order valence-electron chi connectivity index (χ2n) is 5.78. The van der Waals surface area contributed by atoms with Crippen LogP contribution in [0.2, 0.25) is 0 Å². The van der Waals surface area contributed by atoms with Gasteiger partial charge in [-0.05, 0) is 18.2 Å². The molecule has 0 saturated carbocycles. The first kappa shape index (κ1) is 17.5. The summed E-state index contributed by atoms with van der Waals surface area (Å²) < 4.78 is 24.7. The molecule has 2 aromatic rings. The van der Waals surface area contributed by atoms with Gasteiger partial charge in [0.05, 0.1) is 18.8 Å². The van der Waals surface area contributed by atoms with Crippen molar-refractivity contribution in [3.05, 3.63) is 53.3 Å². The van der Waals surface area contributed by atoms with Gasteiger partial charge in [0.25, 0.3) is 5.91 Å². The summed E-state index contributed by atoms with van der Waals surface area (Å²) in [7, 11) is 1.51. The van der Waals surface area contributed by atoms with Crippen LogP contribution in [0.15, 0.2) is 36.4 Å². The molecule has 1 aliphatic rings. The molecule has 0 aliphatic carbocycles. The number of anilines is 1. The van der Waals surface area contributed by atoms with E-state index in [0.29, 0.717) is 17.1 Å². The highest BCUT2D eigenvalue weighted by atomic mass is 19.1. The maximum absolute atomic E-state index is 14.1. The topological polar surface area (TPSA) is 93.9 Å². The molecule has 0 radical (unpaired) electrons. The molecule has 3 rings (SSSR count). The Bertz CT molecular complexity index is 856. The van der Waals surface area contributed by atoms with Crippen LogP contribution >= 0.6 is 0 Å². The predicted molar refractivity (Wildman–Crippen MR) is 92.1 cm³/mol. The number of nitrogens with zero attached hydrogens (tertiary/aromatic N) is 1. The molecule has 2 aromatic carbocycles. The molecule has 0 bridgehead atoms. The van der Waals surface area contributed by atoms with Gasteiger partial charge in [-0.1, -0.05) is 12.1 Å². The third-order valence-corrected chi connectivity index (χ3v) is 3.97. The number of hydrogen-bond donors (Lipinski definition) is 2. The van der Waals surface area contributed by atoms with Crippen molar-refractivity contribution < 1.29 is 23.5 Å². The molecule has 8 heteroatoms. The van der Waals surface area contributed by atoms with Gasteiger partial charge < -0.3 is 20.5 Å². The number of amides is 2. The summed E-state index contributed by atoms with van der Waals surface area (Å²) in [6.45, 7) is 0.173. The van der Waals surface area contributed by atoms with E-state index >= 15 is 0 Å². The Kier molecular flexibility index (Phi) is 4.92. The zero-order valence-corrected chi connectivity index (χ0v) is 14.1. The molecule has 3 N–H and O–H groups in total. The van der Waals surface area contributed by atoms with Crippen LogP contribution in [0.3, 0.4) is 0 Å². The highest BCUT2D eigenvalue weighted by Crippen LogP contribution is 2.31. The standard InChI is InChI=1S/C18H18FN3O4/c1-21-16(23)10-25-13-6-5-11-8-22(18(24)26-15(11)7-13)9-12-3-2-4-14(20)17(12)19/h2-7H,8-10,20H2,1H3,(H,21,23). The first-order chi connectivity index (χ1) is 12.5. The largest absolute Gasteiger partial charge is 0.484 e. The fourth-order valence-corrected chi connectivity index (χ4v) is 2.55. The number of carbonyl (C=O) groups excluding carboxylic acids is 2. The Hall–Kier alpha value is -3.29. The van der Waals surface area contributed by atoms with Crippen molar-refractivity contribution in [1.29, 1.82) is 0 Å². The molecular formula is C18H18FN3O4. The molecule has 2 amide bonds. The van der Waals surface area contributed by atoms with Crippen molar-refractivity contribution in [1.82, 2.24) is 10.2 Å². The minimum atomic E-state index is -0.595. The van der Waals surface area contributed by atoms with Crippen LogP contribution in [-0.4, -0.2) is 30.6 Å². The van der Waals surface area contributed by atoms with Gasteiger partial charge in [-0.2, -0.15) is 0 Å². The monoisotopic (exact) mass is 359 g/mol. The number of rotatable bonds is 5. The highest BCUT2D eigenvalue weighted by Gasteiger charge is 2.26. The van der Waals surface area contributed by atoms with Crippen molar-refractivity contribution >= 4 is 17.7 Å². The van der Waals surface area contributed by atoms with Gasteiger partial charge in [0.1, 0.15) is 11.5 Å². The maximum atomic E-state index is 14.1. The first-order valence-corrected chi connectivity index (χ1v) is 7.94. The van der Waals surface area contributed by atoms with Crippen LogP contribution in [0.1, 0.15) is 11.1 Å². The average Bonchev–Trinajstić information content (AvgIpc) is 2.64. The van der Waals surface area contributed by atoms with Crippen LogP contribution in [0.25, 0.3) is 0 Å². The number of fused-ring (bicyclic) bond motifs is 1. The number of nitrogens with two attached hydrogens (primary N) is 1. The number of hydrogen-bond acceptors (Lipinski definition) is 5. The van der Waals surface area contributed by atoms with Crippen molar-refractivity contribution in [2.45, 2.75) is 13.1 Å². The zero-order chi connectivity index (χ0) is 18.7. The van der Waals surface area contributed by atoms with Crippen molar-refractivity contribution in [3.63, 3.8) is 0 Å². The lowest BCUT2D eigenvalue weighted by Crippen LogP contribution is -2.36. The van der Waals surface area contributed by atoms with Crippen molar-refractivity contribution in [2.24, 2.45) is 0 Å². The zero-order valence-electron chi connectivity index (χ0n) is 14.1. The number of likely N-dealkylation sites (N-methyl/N-ethyl adjacent to an activating group) is 1. The second kappa shape index (κ2) is 7.30. The van der Waals surface area contributed by atoms with E-state index in [4.69, 9.17) is 15.2 Å². The Labute approximate surface area is 149 Å². The van der Waals surface area contributed by atoms with E-state index in [1.165, 1.54) is 18.0 Å². The Morgan fingerprint density at radius 3 is 2.96 bits per heavy atom. The molecular weight excluding hydrogens is 341 g/mol. The summed E-state index contributed by atoms with van der Waals surface area (Å²) in [6.07, 6.45) is -0.595. The van der Waals surface area contributed by atoms with E-state index < -0.39 is 11.9 Å². The summed E-state index contributed by atoms with van der Waals surface area (Å²) in [5.41, 5.74) is 6.66. The van der Waals surface area contributed by atoms with Gasteiger partial charge in [-0.25, -0.2) is 9.18 Å². The summed E-state index contributed by atoms with van der Waals surface area (Å²) in [5.74, 6) is -0.0386. The molecule has 0 spiro atoms. The fraction of sp³-hybridized carbons (Fsp3) is 0.222. The van der Waals surface area contributed by atoms with Crippen LogP contribution in [0.4, 0.5) is 14.9 Å². The first-order valence-electron chi connectivity index (χ1n) is 7.94. The average molecular weight is 359 g/mol. The Morgan fingerprint density at radius 1 is 1.38 bits per heavy atom. The number of carbonyl (C=O) groups is 2. The molecule has 0 atom stereocenters. The fourth-order valence-electron chi connectivity index (χ4n) is 2.55. The smallest absolute Gasteiger partial charge is 0.415 e. The van der Waals surface area contributed by atoms with E-state index in [1.807, 2.05) is 0 Å². The minimum absolute atomic E-state index is 0.0335. The Balaban J connectivity index is 1.73. The number of nitrogens with one attached hydrogen (secondary N) is 1. The molecule has 0 aromatic heterocycles. The normalized spacial score (nSPS) is 13.0. The third kappa shape index (κ3) is 3.69. The molecule has 136 valence electrons. The minimum Gasteiger partial charge on any atom is -0.484 e. The Morgan fingerprint density at radius 2 is 2.19 bits per heavy atom. The summed E-state index contributed by atoms with van der Waals surface area (Å²) >= 11 is 0. The number of halogens is 1. The van der Waals surface area contributed by atoms with Gasteiger partial charge in [0, 0.05) is 24.2 Å². The lowest BCUT2D eigenvalue weighted by Gasteiger charge is -2.28. The SMILES string of the molecule is CNC(=O)COc1ccc2c(c1)OC(=O)N(Cc1cccc(N)c1F)C2. The predicted octanol–water partition coefficient (Wildman–Crippen LogP) is 2.05. The van der Waals surface area contributed by atoms with E-state index in [2.05, 4.69) is 5.32 Å². The van der Waals surface area contributed by atoms with Gasteiger partial charge in [-0.3, -0.25) is 9.69 Å². The summed E-state index contributed by atoms with van der Waals surface area (Å²) in [6, 6.07) is 9.64. The summed E-state index contributed by atoms with van der Waals surface area (Å²) in [5, 5.41) is 2.45. The lowest BCUT2D eigenvalue weighted by molar-refractivity contribution is -0.122. The van der Waals surface area contributed by atoms with E-state index in [0.717, 1.165) is 5.56 Å². The van der Waals surface area contributed by atoms with Crippen LogP contribution in [0, 0.1) is 5.82 Å². The lowest BCUT2D eigenvalue weighted by atomic mass is 10.1. The highest BCUT2D eigenvalue weighted by molar-refractivity contribution is 5.77. The molecule has 26 heavy (non-hydrogen) atoms. The number of benzene rings is 2. The van der Waals surface area contributed by atoms with Gasteiger partial charge in [-0.15, -0.1) is 0 Å². The van der Waals surface area contributed by atoms with Crippen LogP contribution in [0.5, 0.6) is 11.5 Å². The number of ether oxygens (including phenoxy) is 2. The van der Waals surface area contributed by atoms with E-state index in [-0.39, 0.29) is 31.3 Å².